The number of benzene rings is 2. The van der Waals surface area contributed by atoms with Gasteiger partial charge < -0.3 is 18.9 Å². The van der Waals surface area contributed by atoms with Crippen LogP contribution in [0, 0.1) is 0 Å². The molecule has 1 aliphatic rings. The highest BCUT2D eigenvalue weighted by atomic mass is 16.5. The van der Waals surface area contributed by atoms with Gasteiger partial charge in [0.1, 0.15) is 11.5 Å². The lowest BCUT2D eigenvalue weighted by atomic mass is 10.1. The van der Waals surface area contributed by atoms with Gasteiger partial charge >= 0.3 is 11.9 Å². The molecule has 0 atom stereocenters. The Morgan fingerprint density at radius 3 is 1.29 bits per heavy atom. The molecule has 0 aromatic heterocycles. The molecule has 0 fully saturated rings. The van der Waals surface area contributed by atoms with Gasteiger partial charge in [-0.1, -0.05) is 13.8 Å². The molecule has 2 aromatic carbocycles. The summed E-state index contributed by atoms with van der Waals surface area (Å²) in [5.74, 6) is -2.90. The molecule has 0 radical (unpaired) electrons. The standard InChI is InChI=1S/C26H24O8/c1-3-13-31-19-9-5-17(6-10-19)25(29)33-23-15-22(28)24(16-21(23)27)34-26(30)18-7-11-20(12-8-18)32-14-4-2/h5-12,15-16H,3-4,13-14H2,1-2H3. The molecule has 0 unspecified atom stereocenters. The van der Waals surface area contributed by atoms with Gasteiger partial charge in [0.25, 0.3) is 0 Å². The van der Waals surface area contributed by atoms with Crippen LogP contribution in [0.25, 0.3) is 0 Å². The summed E-state index contributed by atoms with van der Waals surface area (Å²) < 4.78 is 21.1. The summed E-state index contributed by atoms with van der Waals surface area (Å²) in [6.07, 6.45) is 3.34. The molecular weight excluding hydrogens is 440 g/mol. The summed E-state index contributed by atoms with van der Waals surface area (Å²) in [5, 5.41) is 0. The van der Waals surface area contributed by atoms with E-state index >= 15 is 0 Å². The van der Waals surface area contributed by atoms with Gasteiger partial charge in [0.2, 0.25) is 11.6 Å². The number of ether oxygens (including phenoxy) is 4. The minimum Gasteiger partial charge on any atom is -0.494 e. The van der Waals surface area contributed by atoms with Crippen LogP contribution in [-0.2, 0) is 19.1 Å². The predicted molar refractivity (Wildman–Crippen MR) is 121 cm³/mol. The first-order valence-electron chi connectivity index (χ1n) is 10.8. The second-order valence-corrected chi connectivity index (χ2v) is 7.27. The molecule has 2 aromatic rings. The van der Waals surface area contributed by atoms with E-state index in [9.17, 15) is 19.2 Å². The van der Waals surface area contributed by atoms with Crippen molar-refractivity contribution in [2.45, 2.75) is 26.7 Å². The third kappa shape index (κ3) is 6.41. The molecule has 0 amide bonds. The quantitative estimate of drug-likeness (QED) is 0.381. The summed E-state index contributed by atoms with van der Waals surface area (Å²) in [6, 6.07) is 12.4. The zero-order chi connectivity index (χ0) is 24.5. The fraction of sp³-hybridized carbons (Fsp3) is 0.231. The average molecular weight is 464 g/mol. The summed E-state index contributed by atoms with van der Waals surface area (Å²) in [7, 11) is 0. The Morgan fingerprint density at radius 2 is 0.971 bits per heavy atom. The smallest absolute Gasteiger partial charge is 0.343 e. The summed E-state index contributed by atoms with van der Waals surface area (Å²) in [4.78, 5) is 49.4. The lowest BCUT2D eigenvalue weighted by Crippen LogP contribution is -2.20. The second kappa shape index (κ2) is 11.6. The van der Waals surface area contributed by atoms with E-state index in [4.69, 9.17) is 18.9 Å². The highest BCUT2D eigenvalue weighted by Crippen LogP contribution is 2.20. The molecule has 8 nitrogen and oxygen atoms in total. The maximum absolute atomic E-state index is 12.4. The van der Waals surface area contributed by atoms with Crippen molar-refractivity contribution < 1.29 is 38.1 Å². The third-order valence-corrected chi connectivity index (χ3v) is 4.54. The fourth-order valence-electron chi connectivity index (χ4n) is 2.81. The number of hydrogen-bond donors (Lipinski definition) is 0. The lowest BCUT2D eigenvalue weighted by molar-refractivity contribution is -0.118. The van der Waals surface area contributed by atoms with Gasteiger partial charge in [-0.25, -0.2) is 9.59 Å². The Hall–Kier alpha value is -4.20. The molecule has 0 heterocycles. The van der Waals surface area contributed by atoms with Gasteiger partial charge in [-0.05, 0) is 61.4 Å². The van der Waals surface area contributed by atoms with Crippen LogP contribution >= 0.6 is 0 Å². The first-order valence-corrected chi connectivity index (χ1v) is 10.8. The predicted octanol–water partition coefficient (Wildman–Crippen LogP) is 4.20. The van der Waals surface area contributed by atoms with Crippen molar-refractivity contribution in [1.29, 1.82) is 0 Å². The molecule has 176 valence electrons. The first kappa shape index (κ1) is 24.4. The number of ketones is 2. The zero-order valence-electron chi connectivity index (χ0n) is 18.9. The molecular formula is C26H24O8. The molecule has 0 saturated heterocycles. The number of rotatable bonds is 10. The molecule has 34 heavy (non-hydrogen) atoms. The Balaban J connectivity index is 1.60. The Kier molecular flexibility index (Phi) is 8.34. The first-order chi connectivity index (χ1) is 16.4. The lowest BCUT2D eigenvalue weighted by Gasteiger charge is -2.13. The Morgan fingerprint density at radius 1 is 0.618 bits per heavy atom. The van der Waals surface area contributed by atoms with Crippen LogP contribution in [0.3, 0.4) is 0 Å². The van der Waals surface area contributed by atoms with E-state index in [1.165, 1.54) is 24.3 Å². The van der Waals surface area contributed by atoms with E-state index in [0.29, 0.717) is 24.7 Å². The third-order valence-electron chi connectivity index (χ3n) is 4.54. The minimum atomic E-state index is -0.811. The molecule has 0 N–H and O–H groups in total. The monoisotopic (exact) mass is 464 g/mol. The largest absolute Gasteiger partial charge is 0.494 e. The van der Waals surface area contributed by atoms with Crippen molar-refractivity contribution in [3.8, 4) is 11.5 Å². The molecule has 0 aliphatic heterocycles. The van der Waals surface area contributed by atoms with Crippen LogP contribution in [-0.4, -0.2) is 36.7 Å². The van der Waals surface area contributed by atoms with Gasteiger partial charge in [-0.2, -0.15) is 0 Å². The van der Waals surface area contributed by atoms with Gasteiger partial charge in [0, 0.05) is 12.2 Å². The van der Waals surface area contributed by atoms with Crippen LogP contribution < -0.4 is 9.47 Å². The number of allylic oxidation sites excluding steroid dienone is 2. The molecule has 0 bridgehead atoms. The fourth-order valence-corrected chi connectivity index (χ4v) is 2.81. The van der Waals surface area contributed by atoms with Crippen LogP contribution in [0.15, 0.2) is 72.2 Å². The second-order valence-electron chi connectivity index (χ2n) is 7.27. The molecule has 0 spiro atoms. The maximum atomic E-state index is 12.4. The van der Waals surface area contributed by atoms with Crippen molar-refractivity contribution >= 4 is 23.5 Å². The highest BCUT2D eigenvalue weighted by molar-refractivity contribution is 6.19. The Bertz CT molecular complexity index is 1030. The van der Waals surface area contributed by atoms with Crippen molar-refractivity contribution in [3.63, 3.8) is 0 Å². The van der Waals surface area contributed by atoms with Crippen LogP contribution in [0.5, 0.6) is 11.5 Å². The summed E-state index contributed by atoms with van der Waals surface area (Å²) in [6.45, 7) is 5.05. The number of carbonyl (C=O) groups excluding carboxylic acids is 4. The van der Waals surface area contributed by atoms with Crippen LogP contribution in [0.4, 0.5) is 0 Å². The number of hydrogen-bond acceptors (Lipinski definition) is 8. The van der Waals surface area contributed by atoms with Crippen molar-refractivity contribution in [2.75, 3.05) is 13.2 Å². The molecule has 3 rings (SSSR count). The highest BCUT2D eigenvalue weighted by Gasteiger charge is 2.27. The van der Waals surface area contributed by atoms with E-state index in [2.05, 4.69) is 0 Å². The maximum Gasteiger partial charge on any atom is 0.343 e. The van der Waals surface area contributed by atoms with E-state index in [-0.39, 0.29) is 11.1 Å². The summed E-state index contributed by atoms with van der Waals surface area (Å²) >= 11 is 0. The summed E-state index contributed by atoms with van der Waals surface area (Å²) in [5.41, 5.74) is 0.357. The van der Waals surface area contributed by atoms with Gasteiger partial charge in [0.05, 0.1) is 24.3 Å². The van der Waals surface area contributed by atoms with E-state index in [1.54, 1.807) is 24.3 Å². The van der Waals surface area contributed by atoms with Crippen molar-refractivity contribution in [1.82, 2.24) is 0 Å². The molecule has 1 aliphatic carbocycles. The SMILES string of the molecule is CCCOc1ccc(C(=O)OC2=CC(=O)C(OC(=O)c3ccc(OCCC)cc3)=CC2=O)cc1. The van der Waals surface area contributed by atoms with Crippen LogP contribution in [0.2, 0.25) is 0 Å². The average Bonchev–Trinajstić information content (AvgIpc) is 2.85. The van der Waals surface area contributed by atoms with Crippen molar-refractivity contribution in [2.24, 2.45) is 0 Å². The Labute approximate surface area is 196 Å². The normalized spacial score (nSPS) is 13.0. The number of esters is 2. The molecule has 0 saturated carbocycles. The van der Waals surface area contributed by atoms with Crippen LogP contribution in [0.1, 0.15) is 47.4 Å². The number of carbonyl (C=O) groups is 4. The van der Waals surface area contributed by atoms with Crippen molar-refractivity contribution in [3.05, 3.63) is 83.3 Å². The topological polar surface area (TPSA) is 105 Å². The van der Waals surface area contributed by atoms with Gasteiger partial charge in [-0.15, -0.1) is 0 Å². The molecule has 8 heteroatoms. The van der Waals surface area contributed by atoms with Gasteiger partial charge in [0.15, 0.2) is 11.5 Å². The minimum absolute atomic E-state index is 0.178. The van der Waals surface area contributed by atoms with Gasteiger partial charge in [-0.3, -0.25) is 9.59 Å². The zero-order valence-corrected chi connectivity index (χ0v) is 18.9. The van der Waals surface area contributed by atoms with E-state index < -0.39 is 35.0 Å². The van der Waals surface area contributed by atoms with E-state index in [0.717, 1.165) is 25.0 Å². The van der Waals surface area contributed by atoms with E-state index in [1.807, 2.05) is 13.8 Å².